The molecule has 11 heteroatoms. The summed E-state index contributed by atoms with van der Waals surface area (Å²) in [6.45, 7) is 5.53. The summed E-state index contributed by atoms with van der Waals surface area (Å²) in [4.78, 5) is 22.3. The molecule has 164 valence electrons. The summed E-state index contributed by atoms with van der Waals surface area (Å²) in [6, 6.07) is 6.13. The quantitative estimate of drug-likeness (QED) is 0.581. The number of amides is 1. The van der Waals surface area contributed by atoms with Gasteiger partial charge in [-0.2, -0.15) is 9.94 Å². The number of ether oxygens (including phenoxy) is 1. The Kier molecular flexibility index (Phi) is 5.65. The van der Waals surface area contributed by atoms with Gasteiger partial charge in [0.25, 0.3) is 0 Å². The van der Waals surface area contributed by atoms with Gasteiger partial charge < -0.3 is 9.64 Å². The number of carbonyl (C=O) groups excluding carboxylic acids is 1. The number of nitrogens with zero attached hydrogens (tertiary/aromatic N) is 8. The van der Waals surface area contributed by atoms with Gasteiger partial charge in [-0.05, 0) is 45.5 Å². The monoisotopic (exact) mass is 450 g/mol. The van der Waals surface area contributed by atoms with E-state index in [-0.39, 0.29) is 18.1 Å². The minimum atomic E-state index is -0.0170. The molecule has 3 aromatic rings. The maximum absolute atomic E-state index is 12.9. The molecule has 2 fully saturated rings. The zero-order chi connectivity index (χ0) is 22.1. The summed E-state index contributed by atoms with van der Waals surface area (Å²) >= 11 is 1.48. The van der Waals surface area contributed by atoms with Gasteiger partial charge >= 0.3 is 0 Å². The van der Waals surface area contributed by atoms with Gasteiger partial charge in [0.15, 0.2) is 5.82 Å². The molecule has 0 aliphatic carbocycles. The zero-order valence-electron chi connectivity index (χ0n) is 17.6. The number of rotatable bonds is 4. The SMILES string of the molecule is Cc1c(C2CN3CCN(C(=O)Cc4ccc(-n5cnnn5)nc4)CC3CO2)csc1C#N. The number of carbonyl (C=O) groups is 1. The van der Waals surface area contributed by atoms with Crippen LogP contribution in [0.4, 0.5) is 0 Å². The van der Waals surface area contributed by atoms with E-state index in [1.807, 2.05) is 23.3 Å². The summed E-state index contributed by atoms with van der Waals surface area (Å²) in [5, 5.41) is 22.3. The molecule has 0 aromatic carbocycles. The minimum absolute atomic E-state index is 0.0170. The van der Waals surface area contributed by atoms with Crippen LogP contribution < -0.4 is 0 Å². The van der Waals surface area contributed by atoms with E-state index in [9.17, 15) is 10.1 Å². The highest BCUT2D eigenvalue weighted by Gasteiger charge is 2.36. The van der Waals surface area contributed by atoms with E-state index in [1.54, 1.807) is 12.3 Å². The maximum Gasteiger partial charge on any atom is 0.227 e. The first-order chi connectivity index (χ1) is 15.6. The molecule has 2 unspecified atom stereocenters. The van der Waals surface area contributed by atoms with Crippen LogP contribution in [0.1, 0.15) is 27.7 Å². The molecular weight excluding hydrogens is 428 g/mol. The molecule has 2 saturated heterocycles. The van der Waals surface area contributed by atoms with Crippen molar-refractivity contribution in [1.29, 1.82) is 5.26 Å². The molecule has 0 saturated carbocycles. The van der Waals surface area contributed by atoms with Crippen molar-refractivity contribution in [3.63, 3.8) is 0 Å². The molecule has 5 rings (SSSR count). The normalized spacial score (nSPS) is 21.2. The van der Waals surface area contributed by atoms with E-state index in [2.05, 4.69) is 31.5 Å². The summed E-state index contributed by atoms with van der Waals surface area (Å²) in [7, 11) is 0. The van der Waals surface area contributed by atoms with Crippen molar-refractivity contribution in [2.45, 2.75) is 25.5 Å². The lowest BCUT2D eigenvalue weighted by molar-refractivity contribution is -0.139. The standard InChI is InChI=1S/C21H22N8O2S/c1-14-17(12-32-19(14)7-22)18-10-27-4-5-28(9-16(27)11-31-18)21(30)6-15-2-3-20(23-8-15)29-13-24-25-26-29/h2-3,8,12-13,16,18H,4-6,9-11H2,1H3. The predicted octanol–water partition coefficient (Wildman–Crippen LogP) is 1.13. The maximum atomic E-state index is 12.9. The van der Waals surface area contributed by atoms with E-state index in [0.717, 1.165) is 34.7 Å². The number of morpholine rings is 1. The third-order valence-electron chi connectivity index (χ3n) is 6.12. The van der Waals surface area contributed by atoms with Gasteiger partial charge in [-0.25, -0.2) is 4.98 Å². The van der Waals surface area contributed by atoms with Crippen molar-refractivity contribution in [3.05, 3.63) is 51.6 Å². The van der Waals surface area contributed by atoms with Crippen LogP contribution in [0, 0.1) is 18.3 Å². The number of aromatic nitrogens is 5. The second-order valence-corrected chi connectivity index (χ2v) is 8.90. The highest BCUT2D eigenvalue weighted by molar-refractivity contribution is 7.10. The van der Waals surface area contributed by atoms with E-state index in [1.165, 1.54) is 22.3 Å². The van der Waals surface area contributed by atoms with Crippen LogP contribution in [0.25, 0.3) is 5.82 Å². The van der Waals surface area contributed by atoms with Gasteiger partial charge in [0, 0.05) is 32.4 Å². The zero-order valence-corrected chi connectivity index (χ0v) is 18.4. The van der Waals surface area contributed by atoms with Gasteiger partial charge in [0.1, 0.15) is 17.3 Å². The highest BCUT2D eigenvalue weighted by atomic mass is 32.1. The van der Waals surface area contributed by atoms with Crippen LogP contribution in [0.2, 0.25) is 0 Å². The molecular formula is C21H22N8O2S. The Bertz CT molecular complexity index is 1140. The van der Waals surface area contributed by atoms with E-state index in [4.69, 9.17) is 4.74 Å². The molecule has 0 N–H and O–H groups in total. The fourth-order valence-electron chi connectivity index (χ4n) is 4.27. The van der Waals surface area contributed by atoms with E-state index >= 15 is 0 Å². The molecule has 0 radical (unpaired) electrons. The summed E-state index contributed by atoms with van der Waals surface area (Å²) in [6.07, 6.45) is 3.46. The first-order valence-corrected chi connectivity index (χ1v) is 11.3. The Labute approximate surface area is 189 Å². The fraction of sp³-hybridized carbons (Fsp3) is 0.429. The Morgan fingerprint density at radius 3 is 2.97 bits per heavy atom. The van der Waals surface area contributed by atoms with Crippen molar-refractivity contribution in [1.82, 2.24) is 35.0 Å². The fourth-order valence-corrected chi connectivity index (χ4v) is 5.19. The Balaban J connectivity index is 1.17. The lowest BCUT2D eigenvalue weighted by Crippen LogP contribution is -2.59. The lowest BCUT2D eigenvalue weighted by atomic mass is 10.0. The van der Waals surface area contributed by atoms with Crippen LogP contribution in [0.3, 0.4) is 0 Å². The molecule has 2 atom stereocenters. The number of thiophene rings is 1. The van der Waals surface area contributed by atoms with Gasteiger partial charge in [-0.15, -0.1) is 16.4 Å². The molecule has 3 aromatic heterocycles. The topological polar surface area (TPSA) is 113 Å². The average molecular weight is 451 g/mol. The third kappa shape index (κ3) is 4.00. The smallest absolute Gasteiger partial charge is 0.227 e. The van der Waals surface area contributed by atoms with Crippen molar-refractivity contribution in [2.24, 2.45) is 0 Å². The third-order valence-corrected chi connectivity index (χ3v) is 7.13. The highest BCUT2D eigenvalue weighted by Crippen LogP contribution is 2.33. The van der Waals surface area contributed by atoms with Crippen molar-refractivity contribution in [3.8, 4) is 11.9 Å². The lowest BCUT2D eigenvalue weighted by Gasteiger charge is -2.46. The van der Waals surface area contributed by atoms with Crippen molar-refractivity contribution in [2.75, 3.05) is 32.8 Å². The number of fused-ring (bicyclic) bond motifs is 1. The second-order valence-electron chi connectivity index (χ2n) is 8.02. The molecule has 0 spiro atoms. The van der Waals surface area contributed by atoms with Gasteiger partial charge in [-0.1, -0.05) is 6.07 Å². The van der Waals surface area contributed by atoms with Crippen LogP contribution in [0.5, 0.6) is 0 Å². The molecule has 10 nitrogen and oxygen atoms in total. The average Bonchev–Trinajstić information content (AvgIpc) is 3.49. The Morgan fingerprint density at radius 2 is 2.25 bits per heavy atom. The molecule has 2 aliphatic rings. The van der Waals surface area contributed by atoms with Gasteiger partial charge in [-0.3, -0.25) is 9.69 Å². The molecule has 32 heavy (non-hydrogen) atoms. The minimum Gasteiger partial charge on any atom is -0.370 e. The van der Waals surface area contributed by atoms with Crippen LogP contribution in [-0.4, -0.2) is 79.7 Å². The first kappa shape index (κ1) is 20.7. The summed E-state index contributed by atoms with van der Waals surface area (Å²) in [5.41, 5.74) is 2.99. The molecule has 5 heterocycles. The number of tetrazole rings is 1. The van der Waals surface area contributed by atoms with Crippen LogP contribution >= 0.6 is 11.3 Å². The predicted molar refractivity (Wildman–Crippen MR) is 115 cm³/mol. The largest absolute Gasteiger partial charge is 0.370 e. The molecule has 2 aliphatic heterocycles. The number of piperazine rings is 1. The first-order valence-electron chi connectivity index (χ1n) is 10.4. The van der Waals surface area contributed by atoms with Crippen molar-refractivity contribution < 1.29 is 9.53 Å². The van der Waals surface area contributed by atoms with Crippen LogP contribution in [-0.2, 0) is 16.0 Å². The number of pyridine rings is 1. The molecule has 1 amide bonds. The van der Waals surface area contributed by atoms with E-state index in [0.29, 0.717) is 31.9 Å². The summed E-state index contributed by atoms with van der Waals surface area (Å²) < 4.78 is 7.63. The summed E-state index contributed by atoms with van der Waals surface area (Å²) in [5.74, 6) is 0.701. The number of nitriles is 1. The second kappa shape index (κ2) is 8.74. The van der Waals surface area contributed by atoms with Gasteiger partial charge in [0.2, 0.25) is 5.91 Å². The Morgan fingerprint density at radius 1 is 1.34 bits per heavy atom. The molecule has 0 bridgehead atoms. The van der Waals surface area contributed by atoms with Crippen molar-refractivity contribution >= 4 is 17.2 Å². The number of hydrogen-bond acceptors (Lipinski definition) is 9. The number of hydrogen-bond donors (Lipinski definition) is 0. The van der Waals surface area contributed by atoms with Gasteiger partial charge in [0.05, 0.1) is 25.2 Å². The Hall–Kier alpha value is -3.20. The van der Waals surface area contributed by atoms with Crippen LogP contribution in [0.15, 0.2) is 30.0 Å². The van der Waals surface area contributed by atoms with E-state index < -0.39 is 0 Å².